The normalized spacial score (nSPS) is 15.9. The van der Waals surface area contributed by atoms with Gasteiger partial charge in [0, 0.05) is 33.1 Å². The van der Waals surface area contributed by atoms with E-state index in [0.717, 1.165) is 122 Å². The van der Waals surface area contributed by atoms with Crippen LogP contribution in [0.1, 0.15) is 124 Å². The highest BCUT2D eigenvalue weighted by Crippen LogP contribution is 2.56. The second-order valence-corrected chi connectivity index (χ2v) is 21.0. The average molecular weight is 951 g/mol. The Morgan fingerprint density at radius 3 is 0.708 bits per heavy atom. The summed E-state index contributed by atoms with van der Waals surface area (Å²) in [5.74, 6) is 2.20. The lowest BCUT2D eigenvalue weighted by Gasteiger charge is -2.47. The van der Waals surface area contributed by atoms with Crippen molar-refractivity contribution in [2.24, 2.45) is 11.8 Å². The highest BCUT2D eigenvalue weighted by molar-refractivity contribution is 5.76. The van der Waals surface area contributed by atoms with Gasteiger partial charge in [0.2, 0.25) is 0 Å². The van der Waals surface area contributed by atoms with Gasteiger partial charge in [-0.2, -0.15) is 0 Å². The van der Waals surface area contributed by atoms with Crippen LogP contribution in [0.2, 0.25) is 0 Å². The number of phenols is 4. The molecule has 4 nitrogen and oxygen atoms in total. The van der Waals surface area contributed by atoms with Crippen LogP contribution in [-0.2, 0) is 36.5 Å². The number of phenolic OH excluding ortho intramolecular Hbond substituents is 4. The molecule has 4 heteroatoms. The van der Waals surface area contributed by atoms with Crippen LogP contribution in [0.4, 0.5) is 0 Å². The van der Waals surface area contributed by atoms with Crippen molar-refractivity contribution in [1.29, 1.82) is 0 Å². The van der Waals surface area contributed by atoms with Gasteiger partial charge >= 0.3 is 0 Å². The number of benzene rings is 8. The highest BCUT2D eigenvalue weighted by atomic mass is 16.3. The monoisotopic (exact) mass is 951 g/mol. The SMILES string of the molecule is CCc1ccc(-c2cc(C3(c4ccc(O)c(-c5ccc(CC)cc5)c4)CCC(C4CCC(c5ccc(O)c(-c6ccc(CC)cc6)c5)(c5ccc(O)c(-c6ccc(CC)cc6)c5)CC4)CC3)ccc2O)cc1. The molecule has 2 aliphatic rings. The summed E-state index contributed by atoms with van der Waals surface area (Å²) < 4.78 is 0. The fourth-order valence-electron chi connectivity index (χ4n) is 12.6. The zero-order chi connectivity index (χ0) is 50.0. The molecule has 0 heterocycles. The molecule has 0 unspecified atom stereocenters. The molecule has 4 N–H and O–H groups in total. The predicted octanol–water partition coefficient (Wildman–Crippen LogP) is 17.1. The van der Waals surface area contributed by atoms with Gasteiger partial charge in [0.05, 0.1) is 0 Å². The number of hydrogen-bond donors (Lipinski definition) is 4. The van der Waals surface area contributed by atoms with E-state index in [9.17, 15) is 20.4 Å². The molecule has 2 aliphatic carbocycles. The molecule has 0 spiro atoms. The summed E-state index contributed by atoms with van der Waals surface area (Å²) in [5, 5.41) is 45.7. The van der Waals surface area contributed by atoms with Crippen molar-refractivity contribution < 1.29 is 20.4 Å². The van der Waals surface area contributed by atoms with Crippen molar-refractivity contribution in [3.8, 4) is 67.5 Å². The molecule has 0 bridgehead atoms. The van der Waals surface area contributed by atoms with Crippen LogP contribution in [0.25, 0.3) is 44.5 Å². The fraction of sp³-hybridized carbons (Fsp3) is 0.294. The van der Waals surface area contributed by atoms with E-state index in [4.69, 9.17) is 0 Å². The van der Waals surface area contributed by atoms with E-state index in [1.807, 2.05) is 24.3 Å². The lowest BCUT2D eigenvalue weighted by Crippen LogP contribution is -2.38. The van der Waals surface area contributed by atoms with Gasteiger partial charge in [-0.25, -0.2) is 0 Å². The standard InChI is InChI=1S/C68H70O4/c1-5-45-9-17-51(18-10-45)59-41-55(25-29-63(59)69)67(56-26-30-64(70)60(42-56)52-19-11-46(6-2)12-20-52)37-33-49(34-38-67)50-35-39-68(40-36-50,57-27-31-65(71)61(43-57)53-21-13-47(7-3)14-22-53)58-28-32-66(72)62(44-58)54-23-15-48(8-4)16-24-54/h9-32,41-44,49-50,69-72H,5-8,33-40H2,1-4H3. The van der Waals surface area contributed by atoms with E-state index < -0.39 is 0 Å². The summed E-state index contributed by atoms with van der Waals surface area (Å²) in [4.78, 5) is 0. The molecular weight excluding hydrogens is 881 g/mol. The van der Waals surface area contributed by atoms with Crippen molar-refractivity contribution in [1.82, 2.24) is 0 Å². The van der Waals surface area contributed by atoms with Crippen molar-refractivity contribution in [2.75, 3.05) is 0 Å². The molecule has 2 fully saturated rings. The van der Waals surface area contributed by atoms with Gasteiger partial charge in [-0.05, 0) is 204 Å². The summed E-state index contributed by atoms with van der Waals surface area (Å²) in [6.07, 6.45) is 11.9. The Labute approximate surface area is 427 Å². The van der Waals surface area contributed by atoms with Gasteiger partial charge in [0.15, 0.2) is 0 Å². The summed E-state index contributed by atoms with van der Waals surface area (Å²) in [6, 6.07) is 59.4. The van der Waals surface area contributed by atoms with Crippen molar-refractivity contribution in [3.05, 3.63) is 214 Å². The topological polar surface area (TPSA) is 80.9 Å². The van der Waals surface area contributed by atoms with Gasteiger partial charge in [-0.3, -0.25) is 0 Å². The molecule has 0 atom stereocenters. The molecule has 0 aliphatic heterocycles. The van der Waals surface area contributed by atoms with Crippen LogP contribution in [0.3, 0.4) is 0 Å². The third-order valence-electron chi connectivity index (χ3n) is 17.3. The zero-order valence-corrected chi connectivity index (χ0v) is 42.6. The molecule has 366 valence electrons. The second kappa shape index (κ2) is 20.6. The molecule has 0 aromatic heterocycles. The Kier molecular flexibility index (Phi) is 13.9. The Hall–Kier alpha value is -7.04. The van der Waals surface area contributed by atoms with Gasteiger partial charge < -0.3 is 20.4 Å². The molecule has 0 radical (unpaired) electrons. The zero-order valence-electron chi connectivity index (χ0n) is 42.6. The summed E-state index contributed by atoms with van der Waals surface area (Å²) in [5.41, 5.74) is 16.6. The van der Waals surface area contributed by atoms with Gasteiger partial charge in [-0.15, -0.1) is 0 Å². The molecule has 0 amide bonds. The minimum absolute atomic E-state index is 0.283. The molecule has 0 saturated heterocycles. The van der Waals surface area contributed by atoms with Crippen LogP contribution in [0, 0.1) is 11.8 Å². The minimum atomic E-state index is -0.331. The van der Waals surface area contributed by atoms with Crippen LogP contribution in [0.5, 0.6) is 23.0 Å². The average Bonchev–Trinajstić information content (AvgIpc) is 3.44. The van der Waals surface area contributed by atoms with Crippen molar-refractivity contribution in [2.45, 2.75) is 116 Å². The fourth-order valence-corrected chi connectivity index (χ4v) is 12.6. The highest BCUT2D eigenvalue weighted by Gasteiger charge is 2.45. The van der Waals surface area contributed by atoms with E-state index in [-0.39, 0.29) is 33.8 Å². The first kappa shape index (κ1) is 48.6. The number of rotatable bonds is 13. The number of hydrogen-bond acceptors (Lipinski definition) is 4. The Morgan fingerprint density at radius 2 is 0.514 bits per heavy atom. The molecule has 8 aromatic carbocycles. The first-order valence-electron chi connectivity index (χ1n) is 26.8. The third-order valence-corrected chi connectivity index (χ3v) is 17.3. The maximum absolute atomic E-state index is 11.4. The third kappa shape index (κ3) is 9.33. The van der Waals surface area contributed by atoms with Crippen LogP contribution >= 0.6 is 0 Å². The van der Waals surface area contributed by atoms with E-state index in [1.54, 1.807) is 0 Å². The number of aromatic hydroxyl groups is 4. The quantitative estimate of drug-likeness (QED) is 0.0928. The van der Waals surface area contributed by atoms with Crippen LogP contribution in [0.15, 0.2) is 170 Å². The maximum atomic E-state index is 11.4. The molecular formula is C68H70O4. The largest absolute Gasteiger partial charge is 0.507 e. The van der Waals surface area contributed by atoms with Crippen LogP contribution < -0.4 is 0 Å². The first-order valence-corrected chi connectivity index (χ1v) is 26.8. The molecule has 72 heavy (non-hydrogen) atoms. The Balaban J connectivity index is 0.995. The predicted molar refractivity (Wildman–Crippen MR) is 297 cm³/mol. The van der Waals surface area contributed by atoms with Gasteiger partial charge in [-0.1, -0.05) is 149 Å². The van der Waals surface area contributed by atoms with E-state index in [1.165, 1.54) is 44.5 Å². The van der Waals surface area contributed by atoms with Gasteiger partial charge in [0.1, 0.15) is 23.0 Å². The van der Waals surface area contributed by atoms with Crippen LogP contribution in [-0.4, -0.2) is 20.4 Å². The Bertz CT molecular complexity index is 2730. The smallest absolute Gasteiger partial charge is 0.123 e. The van der Waals surface area contributed by atoms with Crippen molar-refractivity contribution >= 4 is 0 Å². The Morgan fingerprint density at radius 1 is 0.306 bits per heavy atom. The number of aryl methyl sites for hydroxylation is 4. The lowest BCUT2D eigenvalue weighted by molar-refractivity contribution is 0.141. The van der Waals surface area contributed by atoms with E-state index in [2.05, 4.69) is 173 Å². The second-order valence-electron chi connectivity index (χ2n) is 21.0. The van der Waals surface area contributed by atoms with E-state index in [0.29, 0.717) is 11.8 Å². The summed E-state index contributed by atoms with van der Waals surface area (Å²) >= 11 is 0. The maximum Gasteiger partial charge on any atom is 0.123 e. The minimum Gasteiger partial charge on any atom is -0.507 e. The van der Waals surface area contributed by atoms with Gasteiger partial charge in [0.25, 0.3) is 0 Å². The first-order chi connectivity index (χ1) is 35.0. The van der Waals surface area contributed by atoms with E-state index >= 15 is 0 Å². The summed E-state index contributed by atoms with van der Waals surface area (Å²) in [6.45, 7) is 8.66. The lowest BCUT2D eigenvalue weighted by atomic mass is 9.57. The molecule has 8 aromatic rings. The summed E-state index contributed by atoms with van der Waals surface area (Å²) in [7, 11) is 0. The molecule has 10 rings (SSSR count). The van der Waals surface area contributed by atoms with Crippen molar-refractivity contribution in [3.63, 3.8) is 0 Å². The molecule has 2 saturated carbocycles.